The molecule has 1 fully saturated rings. The molecule has 134 valence electrons. The van der Waals surface area contributed by atoms with Crippen LogP contribution in [-0.4, -0.2) is 56.0 Å². The maximum atomic E-state index is 12.8. The Labute approximate surface area is 148 Å². The lowest BCUT2D eigenvalue weighted by molar-refractivity contribution is 0.0691. The lowest BCUT2D eigenvalue weighted by atomic mass is 10.0. The standard InChI is InChI=1S/C17H26N2O3S2/c1-18(24(2,21)22)14-8-10-19(11-9-14)17(20)16-12-13-6-4-3-5-7-15(13)23-16/h12,14H,3-11H2,1-2H3. The number of likely N-dealkylation sites (tertiary alicyclic amines) is 1. The second-order valence-electron chi connectivity index (χ2n) is 6.92. The Morgan fingerprint density at radius 1 is 1.21 bits per heavy atom. The highest BCUT2D eigenvalue weighted by Crippen LogP contribution is 2.30. The molecule has 24 heavy (non-hydrogen) atoms. The van der Waals surface area contributed by atoms with Crippen LogP contribution in [0, 0.1) is 0 Å². The topological polar surface area (TPSA) is 57.7 Å². The van der Waals surface area contributed by atoms with Gasteiger partial charge in [-0.1, -0.05) is 6.42 Å². The number of rotatable bonds is 3. The molecular weight excluding hydrogens is 344 g/mol. The van der Waals surface area contributed by atoms with Gasteiger partial charge in [-0.25, -0.2) is 12.7 Å². The molecule has 0 bridgehead atoms. The zero-order valence-electron chi connectivity index (χ0n) is 14.5. The highest BCUT2D eigenvalue weighted by Gasteiger charge is 2.30. The van der Waals surface area contributed by atoms with E-state index >= 15 is 0 Å². The van der Waals surface area contributed by atoms with Crippen molar-refractivity contribution in [2.45, 2.75) is 51.0 Å². The molecule has 1 aliphatic heterocycles. The van der Waals surface area contributed by atoms with Crippen LogP contribution in [0.25, 0.3) is 0 Å². The Morgan fingerprint density at radius 2 is 1.88 bits per heavy atom. The fourth-order valence-corrected chi connectivity index (χ4v) is 5.61. The van der Waals surface area contributed by atoms with Crippen molar-refractivity contribution in [3.05, 3.63) is 21.4 Å². The van der Waals surface area contributed by atoms with Gasteiger partial charge in [0.2, 0.25) is 10.0 Å². The SMILES string of the molecule is CN(C1CCN(C(=O)c2cc3c(s2)CCCCC3)CC1)S(C)(=O)=O. The van der Waals surface area contributed by atoms with Gasteiger partial charge in [0.25, 0.3) is 5.91 Å². The highest BCUT2D eigenvalue weighted by molar-refractivity contribution is 7.88. The third-order valence-corrected chi connectivity index (χ3v) is 7.82. The summed E-state index contributed by atoms with van der Waals surface area (Å²) < 4.78 is 24.8. The van der Waals surface area contributed by atoms with Gasteiger partial charge in [0, 0.05) is 31.1 Å². The summed E-state index contributed by atoms with van der Waals surface area (Å²) in [5.41, 5.74) is 1.37. The monoisotopic (exact) mass is 370 g/mol. The van der Waals surface area contributed by atoms with Crippen molar-refractivity contribution >= 4 is 27.3 Å². The number of nitrogens with zero attached hydrogens (tertiary/aromatic N) is 2. The van der Waals surface area contributed by atoms with Gasteiger partial charge >= 0.3 is 0 Å². The van der Waals surface area contributed by atoms with E-state index in [0.29, 0.717) is 25.9 Å². The number of thiophene rings is 1. The number of sulfonamides is 1. The number of hydrogen-bond acceptors (Lipinski definition) is 4. The van der Waals surface area contributed by atoms with Gasteiger partial charge in [0.05, 0.1) is 11.1 Å². The molecule has 2 heterocycles. The molecule has 0 unspecified atom stereocenters. The molecule has 1 saturated heterocycles. The first kappa shape index (κ1) is 17.9. The third-order valence-electron chi connectivity index (χ3n) is 5.25. The van der Waals surface area contributed by atoms with E-state index < -0.39 is 10.0 Å². The molecule has 1 aromatic heterocycles. The Bertz CT molecular complexity index is 680. The zero-order chi connectivity index (χ0) is 17.3. The van der Waals surface area contributed by atoms with Crippen molar-refractivity contribution < 1.29 is 13.2 Å². The Balaban J connectivity index is 1.63. The summed E-state index contributed by atoms with van der Waals surface area (Å²) in [5.74, 6) is 0.119. The lowest BCUT2D eigenvalue weighted by Crippen LogP contribution is -2.46. The summed E-state index contributed by atoms with van der Waals surface area (Å²) >= 11 is 1.66. The summed E-state index contributed by atoms with van der Waals surface area (Å²) in [6.07, 6.45) is 8.59. The molecular formula is C17H26N2O3S2. The van der Waals surface area contributed by atoms with Crippen LogP contribution in [0.15, 0.2) is 6.07 Å². The first-order chi connectivity index (χ1) is 11.4. The van der Waals surface area contributed by atoms with E-state index in [0.717, 1.165) is 17.7 Å². The van der Waals surface area contributed by atoms with E-state index in [-0.39, 0.29) is 11.9 Å². The quantitative estimate of drug-likeness (QED) is 0.768. The average molecular weight is 371 g/mol. The normalized spacial score (nSPS) is 20.0. The molecule has 5 nitrogen and oxygen atoms in total. The molecule has 1 aromatic rings. The molecule has 2 aliphatic rings. The zero-order valence-corrected chi connectivity index (χ0v) is 16.1. The van der Waals surface area contributed by atoms with E-state index in [4.69, 9.17) is 0 Å². The van der Waals surface area contributed by atoms with E-state index in [1.807, 2.05) is 4.90 Å². The molecule has 0 atom stereocenters. The van der Waals surface area contributed by atoms with Gasteiger partial charge in [-0.05, 0) is 50.2 Å². The summed E-state index contributed by atoms with van der Waals surface area (Å²) in [5, 5.41) is 0. The Morgan fingerprint density at radius 3 is 2.54 bits per heavy atom. The van der Waals surface area contributed by atoms with Crippen molar-refractivity contribution in [3.8, 4) is 0 Å². The second-order valence-corrected chi connectivity index (χ2v) is 10.1. The van der Waals surface area contributed by atoms with E-state index in [1.54, 1.807) is 18.4 Å². The first-order valence-electron chi connectivity index (χ1n) is 8.70. The van der Waals surface area contributed by atoms with Crippen LogP contribution in [0.3, 0.4) is 0 Å². The van der Waals surface area contributed by atoms with Gasteiger partial charge in [-0.3, -0.25) is 4.79 Å². The smallest absolute Gasteiger partial charge is 0.263 e. The van der Waals surface area contributed by atoms with Crippen LogP contribution in [0.1, 0.15) is 52.2 Å². The number of piperidine rings is 1. The van der Waals surface area contributed by atoms with Gasteiger partial charge in [0.15, 0.2) is 0 Å². The minimum absolute atomic E-state index is 0.00380. The first-order valence-corrected chi connectivity index (χ1v) is 11.4. The predicted molar refractivity (Wildman–Crippen MR) is 97.1 cm³/mol. The van der Waals surface area contributed by atoms with Crippen LogP contribution in [0.4, 0.5) is 0 Å². The van der Waals surface area contributed by atoms with Crippen LogP contribution >= 0.6 is 11.3 Å². The summed E-state index contributed by atoms with van der Waals surface area (Å²) in [4.78, 5) is 16.9. The van der Waals surface area contributed by atoms with Crippen molar-refractivity contribution in [2.75, 3.05) is 26.4 Å². The van der Waals surface area contributed by atoms with Crippen molar-refractivity contribution in [1.29, 1.82) is 0 Å². The van der Waals surface area contributed by atoms with Gasteiger partial charge in [-0.2, -0.15) is 0 Å². The number of hydrogen-bond donors (Lipinski definition) is 0. The van der Waals surface area contributed by atoms with Crippen molar-refractivity contribution in [1.82, 2.24) is 9.21 Å². The second kappa shape index (κ2) is 7.14. The van der Waals surface area contributed by atoms with Gasteiger partial charge in [-0.15, -0.1) is 11.3 Å². The summed E-state index contributed by atoms with van der Waals surface area (Å²) in [6, 6.07) is 2.10. The van der Waals surface area contributed by atoms with Crippen LogP contribution in [-0.2, 0) is 22.9 Å². The van der Waals surface area contributed by atoms with E-state index in [9.17, 15) is 13.2 Å². The molecule has 1 aliphatic carbocycles. The summed E-state index contributed by atoms with van der Waals surface area (Å²) in [7, 11) is -1.53. The molecule has 0 radical (unpaired) electrons. The maximum Gasteiger partial charge on any atom is 0.263 e. The maximum absolute atomic E-state index is 12.8. The van der Waals surface area contributed by atoms with Crippen LogP contribution in [0.5, 0.6) is 0 Å². The average Bonchev–Trinajstić information content (AvgIpc) is 2.83. The number of carbonyl (C=O) groups excluding carboxylic acids is 1. The fourth-order valence-electron chi connectivity index (χ4n) is 3.63. The predicted octanol–water partition coefficient (Wildman–Crippen LogP) is 2.51. The minimum Gasteiger partial charge on any atom is -0.338 e. The summed E-state index contributed by atoms with van der Waals surface area (Å²) in [6.45, 7) is 1.26. The molecule has 7 heteroatoms. The van der Waals surface area contributed by atoms with Crippen molar-refractivity contribution in [3.63, 3.8) is 0 Å². The largest absolute Gasteiger partial charge is 0.338 e. The molecule has 1 amide bonds. The number of amides is 1. The number of aryl methyl sites for hydroxylation is 2. The molecule has 0 saturated carbocycles. The molecule has 0 spiro atoms. The van der Waals surface area contributed by atoms with Crippen molar-refractivity contribution in [2.24, 2.45) is 0 Å². The van der Waals surface area contributed by atoms with Crippen LogP contribution in [0.2, 0.25) is 0 Å². The number of carbonyl (C=O) groups is 1. The van der Waals surface area contributed by atoms with Gasteiger partial charge < -0.3 is 4.90 Å². The minimum atomic E-state index is -3.17. The molecule has 0 N–H and O–H groups in total. The number of fused-ring (bicyclic) bond motifs is 1. The molecule has 3 rings (SSSR count). The van der Waals surface area contributed by atoms with E-state index in [2.05, 4.69) is 6.07 Å². The fraction of sp³-hybridized carbons (Fsp3) is 0.706. The molecule has 0 aromatic carbocycles. The Kier molecular flexibility index (Phi) is 5.32. The Hall–Kier alpha value is -0.920. The third kappa shape index (κ3) is 3.83. The van der Waals surface area contributed by atoms with Gasteiger partial charge in [0.1, 0.15) is 0 Å². The lowest BCUT2D eigenvalue weighted by Gasteiger charge is -2.35. The van der Waals surface area contributed by atoms with E-state index in [1.165, 1.54) is 40.3 Å². The van der Waals surface area contributed by atoms with Crippen LogP contribution < -0.4 is 0 Å². The highest BCUT2D eigenvalue weighted by atomic mass is 32.2.